The van der Waals surface area contributed by atoms with Crippen LogP contribution in [0.15, 0.2) is 36.4 Å². The van der Waals surface area contributed by atoms with Crippen molar-refractivity contribution in [2.75, 3.05) is 26.2 Å². The van der Waals surface area contributed by atoms with Crippen LogP contribution in [-0.2, 0) is 6.42 Å². The molecule has 1 heterocycles. The number of carbonyl (C=O) groups excluding carboxylic acids is 1. The Bertz CT molecular complexity index is 826. The van der Waals surface area contributed by atoms with Gasteiger partial charge in [-0.2, -0.15) is 0 Å². The molecule has 144 valence electrons. The summed E-state index contributed by atoms with van der Waals surface area (Å²) in [6.07, 6.45) is 1.54. The number of hydrogen-bond acceptors (Lipinski definition) is 3. The maximum atomic E-state index is 13.7. The van der Waals surface area contributed by atoms with Crippen molar-refractivity contribution in [1.82, 2.24) is 4.90 Å². The second kappa shape index (κ2) is 8.48. The Morgan fingerprint density at radius 1 is 1.26 bits per heavy atom. The molecule has 2 aromatic carbocycles. The molecule has 0 spiro atoms. The van der Waals surface area contributed by atoms with Gasteiger partial charge in [0.2, 0.25) is 0 Å². The predicted octanol–water partition coefficient (Wildman–Crippen LogP) is 3.32. The maximum Gasteiger partial charge on any atom is 0.257 e. The molecule has 1 aliphatic rings. The number of likely N-dealkylation sites (tertiary alicyclic amines) is 1. The zero-order chi connectivity index (χ0) is 19.4. The molecular formula is C21H24F2N2O2. The topological polar surface area (TPSA) is 55.6 Å². The van der Waals surface area contributed by atoms with Crippen LogP contribution < -0.4 is 10.5 Å². The van der Waals surface area contributed by atoms with Crippen LogP contribution in [0.2, 0.25) is 0 Å². The highest BCUT2D eigenvalue weighted by Gasteiger charge is 2.29. The molecule has 27 heavy (non-hydrogen) atoms. The Morgan fingerprint density at radius 2 is 2.07 bits per heavy atom. The zero-order valence-corrected chi connectivity index (χ0v) is 15.4. The third kappa shape index (κ3) is 4.63. The highest BCUT2D eigenvalue weighted by atomic mass is 19.1. The number of amides is 1. The first kappa shape index (κ1) is 19.3. The standard InChI is InChI=1S/C21H24F2N2O2/c1-14-2-3-15(11-19(14)23)10-16-6-8-25(13-16)21(26)18-12-17(22)4-5-20(18)27-9-7-24/h2-5,11-12,16H,6-10,13,24H2,1H3. The molecule has 0 aromatic heterocycles. The smallest absolute Gasteiger partial charge is 0.257 e. The van der Waals surface area contributed by atoms with E-state index in [4.69, 9.17) is 10.5 Å². The van der Waals surface area contributed by atoms with Gasteiger partial charge in [0.05, 0.1) is 5.56 Å². The lowest BCUT2D eigenvalue weighted by Gasteiger charge is -2.19. The SMILES string of the molecule is Cc1ccc(CC2CCN(C(=O)c3cc(F)ccc3OCCN)C2)cc1F. The average molecular weight is 374 g/mol. The van der Waals surface area contributed by atoms with Gasteiger partial charge >= 0.3 is 0 Å². The van der Waals surface area contributed by atoms with E-state index in [0.29, 0.717) is 37.4 Å². The van der Waals surface area contributed by atoms with Crippen molar-refractivity contribution >= 4 is 5.91 Å². The normalized spacial score (nSPS) is 16.6. The van der Waals surface area contributed by atoms with Gasteiger partial charge in [0, 0.05) is 19.6 Å². The molecule has 0 saturated carbocycles. The van der Waals surface area contributed by atoms with Gasteiger partial charge in [0.15, 0.2) is 0 Å². The lowest BCUT2D eigenvalue weighted by Crippen LogP contribution is -2.29. The van der Waals surface area contributed by atoms with Crippen LogP contribution in [0.4, 0.5) is 8.78 Å². The quantitative estimate of drug-likeness (QED) is 0.844. The molecule has 1 saturated heterocycles. The van der Waals surface area contributed by atoms with E-state index in [0.717, 1.165) is 12.0 Å². The van der Waals surface area contributed by atoms with Crippen molar-refractivity contribution in [3.63, 3.8) is 0 Å². The summed E-state index contributed by atoms with van der Waals surface area (Å²) in [5.41, 5.74) is 7.21. The first-order valence-electron chi connectivity index (χ1n) is 9.14. The molecule has 4 nitrogen and oxygen atoms in total. The summed E-state index contributed by atoms with van der Waals surface area (Å²) in [5.74, 6) is -0.350. The van der Waals surface area contributed by atoms with Crippen LogP contribution in [-0.4, -0.2) is 37.0 Å². The Morgan fingerprint density at radius 3 is 2.81 bits per heavy atom. The number of ether oxygens (including phenoxy) is 1. The van der Waals surface area contributed by atoms with Crippen molar-refractivity contribution in [3.8, 4) is 5.75 Å². The zero-order valence-electron chi connectivity index (χ0n) is 15.4. The van der Waals surface area contributed by atoms with Gasteiger partial charge in [-0.05, 0) is 61.1 Å². The number of hydrogen-bond donors (Lipinski definition) is 1. The molecule has 1 aliphatic heterocycles. The summed E-state index contributed by atoms with van der Waals surface area (Å²) in [4.78, 5) is 14.6. The van der Waals surface area contributed by atoms with E-state index in [1.165, 1.54) is 18.2 Å². The fourth-order valence-electron chi connectivity index (χ4n) is 3.41. The fraction of sp³-hybridized carbons (Fsp3) is 0.381. The van der Waals surface area contributed by atoms with Gasteiger partial charge in [-0.3, -0.25) is 4.79 Å². The number of nitrogens with zero attached hydrogens (tertiary/aromatic N) is 1. The van der Waals surface area contributed by atoms with Gasteiger partial charge in [-0.15, -0.1) is 0 Å². The summed E-state index contributed by atoms with van der Waals surface area (Å²) < 4.78 is 32.9. The molecule has 6 heteroatoms. The summed E-state index contributed by atoms with van der Waals surface area (Å²) >= 11 is 0. The Labute approximate surface area is 157 Å². The third-order valence-electron chi connectivity index (χ3n) is 4.88. The van der Waals surface area contributed by atoms with E-state index >= 15 is 0 Å². The van der Waals surface area contributed by atoms with Crippen molar-refractivity contribution in [3.05, 3.63) is 64.7 Å². The number of halogens is 2. The number of nitrogens with two attached hydrogens (primary N) is 1. The highest BCUT2D eigenvalue weighted by Crippen LogP contribution is 2.27. The summed E-state index contributed by atoms with van der Waals surface area (Å²) in [6.45, 7) is 3.45. The number of carbonyl (C=O) groups is 1. The molecule has 1 fully saturated rings. The van der Waals surface area contributed by atoms with Gasteiger partial charge in [-0.25, -0.2) is 8.78 Å². The molecular weight excluding hydrogens is 350 g/mol. The van der Waals surface area contributed by atoms with E-state index in [-0.39, 0.29) is 29.8 Å². The number of benzene rings is 2. The van der Waals surface area contributed by atoms with Gasteiger partial charge < -0.3 is 15.4 Å². The van der Waals surface area contributed by atoms with Crippen LogP contribution in [0.1, 0.15) is 27.9 Å². The largest absolute Gasteiger partial charge is 0.491 e. The third-order valence-corrected chi connectivity index (χ3v) is 4.88. The van der Waals surface area contributed by atoms with Crippen molar-refractivity contribution < 1.29 is 18.3 Å². The Kier molecular flexibility index (Phi) is 6.06. The van der Waals surface area contributed by atoms with Gasteiger partial charge in [0.25, 0.3) is 5.91 Å². The summed E-state index contributed by atoms with van der Waals surface area (Å²) in [6, 6.07) is 9.19. The molecule has 1 unspecified atom stereocenters. The fourth-order valence-corrected chi connectivity index (χ4v) is 3.41. The van der Waals surface area contributed by atoms with E-state index in [1.807, 2.05) is 6.07 Å². The van der Waals surface area contributed by atoms with E-state index in [1.54, 1.807) is 24.0 Å². The van der Waals surface area contributed by atoms with E-state index < -0.39 is 5.82 Å². The van der Waals surface area contributed by atoms with Crippen LogP contribution >= 0.6 is 0 Å². The van der Waals surface area contributed by atoms with Gasteiger partial charge in [-0.1, -0.05) is 12.1 Å². The summed E-state index contributed by atoms with van der Waals surface area (Å²) in [7, 11) is 0. The van der Waals surface area contributed by atoms with Crippen LogP contribution in [0, 0.1) is 24.5 Å². The molecule has 1 amide bonds. The second-order valence-corrected chi connectivity index (χ2v) is 6.97. The van der Waals surface area contributed by atoms with Crippen molar-refractivity contribution in [2.24, 2.45) is 11.7 Å². The van der Waals surface area contributed by atoms with Crippen molar-refractivity contribution in [1.29, 1.82) is 0 Å². The van der Waals surface area contributed by atoms with Crippen molar-refractivity contribution in [2.45, 2.75) is 19.8 Å². The van der Waals surface area contributed by atoms with Crippen LogP contribution in [0.3, 0.4) is 0 Å². The molecule has 2 N–H and O–H groups in total. The molecule has 0 radical (unpaired) electrons. The monoisotopic (exact) mass is 374 g/mol. The van der Waals surface area contributed by atoms with Crippen LogP contribution in [0.5, 0.6) is 5.75 Å². The van der Waals surface area contributed by atoms with E-state index in [9.17, 15) is 13.6 Å². The minimum atomic E-state index is -0.482. The maximum absolute atomic E-state index is 13.7. The number of aryl methyl sites for hydroxylation is 1. The summed E-state index contributed by atoms with van der Waals surface area (Å²) in [5, 5.41) is 0. The predicted molar refractivity (Wildman–Crippen MR) is 99.8 cm³/mol. The molecule has 0 bridgehead atoms. The minimum absolute atomic E-state index is 0.208. The first-order valence-corrected chi connectivity index (χ1v) is 9.14. The second-order valence-electron chi connectivity index (χ2n) is 6.97. The van der Waals surface area contributed by atoms with Gasteiger partial charge in [0.1, 0.15) is 24.0 Å². The van der Waals surface area contributed by atoms with E-state index in [2.05, 4.69) is 0 Å². The lowest BCUT2D eigenvalue weighted by molar-refractivity contribution is 0.0782. The average Bonchev–Trinajstić information content (AvgIpc) is 3.11. The van der Waals surface area contributed by atoms with Crippen LogP contribution in [0.25, 0.3) is 0 Å². The minimum Gasteiger partial charge on any atom is -0.491 e. The Balaban J connectivity index is 1.68. The Hall–Kier alpha value is -2.47. The lowest BCUT2D eigenvalue weighted by atomic mass is 9.98. The molecule has 1 atom stereocenters. The highest BCUT2D eigenvalue weighted by molar-refractivity contribution is 5.97. The molecule has 3 rings (SSSR count). The first-order chi connectivity index (χ1) is 13.0. The molecule has 0 aliphatic carbocycles. The number of rotatable bonds is 6. The molecule has 2 aromatic rings.